The summed E-state index contributed by atoms with van der Waals surface area (Å²) in [5.74, 6) is -18.3. The first kappa shape index (κ1) is 21.9. The lowest BCUT2D eigenvalue weighted by atomic mass is 9.83. The summed E-state index contributed by atoms with van der Waals surface area (Å²) in [5, 5.41) is 9.33. The van der Waals surface area contributed by atoms with Gasteiger partial charge in [-0.3, -0.25) is 0 Å². The third kappa shape index (κ3) is 3.07. The summed E-state index contributed by atoms with van der Waals surface area (Å²) in [6.45, 7) is 2.14. The number of ether oxygens (including phenoxy) is 2. The Balaban J connectivity index is 3.51. The Morgan fingerprint density at radius 1 is 1.12 bits per heavy atom. The molecule has 0 saturated carbocycles. The first-order valence-electron chi connectivity index (χ1n) is 6.93. The Morgan fingerprint density at radius 3 is 1.92 bits per heavy atom. The highest BCUT2D eigenvalue weighted by Crippen LogP contribution is 2.58. The number of hydrogen-bond donors (Lipinski definition) is 1. The molecule has 1 saturated heterocycles. The van der Waals surface area contributed by atoms with E-state index in [4.69, 9.17) is 0 Å². The predicted molar refractivity (Wildman–Crippen MR) is 65.7 cm³/mol. The standard InChI is InChI=1S/C13H16F8O4/c1-5-9(4,14)7(22)24-6-10(15,16)8(2,3)25-12(23,11(6,17)18)13(19,20)21/h6,23H,5H2,1-4H3. The van der Waals surface area contributed by atoms with E-state index in [0.717, 1.165) is 6.92 Å². The van der Waals surface area contributed by atoms with Crippen molar-refractivity contribution in [3.8, 4) is 0 Å². The summed E-state index contributed by atoms with van der Waals surface area (Å²) in [7, 11) is 0. The molecular formula is C13H16F8O4. The van der Waals surface area contributed by atoms with Crippen molar-refractivity contribution in [2.45, 2.75) is 75.3 Å². The average molecular weight is 388 g/mol. The molecule has 0 aromatic carbocycles. The number of carbonyl (C=O) groups is 1. The largest absolute Gasteiger partial charge is 0.449 e. The molecule has 0 bridgehead atoms. The summed E-state index contributed by atoms with van der Waals surface area (Å²) in [6.07, 6.45) is -11.0. The molecule has 3 unspecified atom stereocenters. The van der Waals surface area contributed by atoms with Crippen molar-refractivity contribution in [3.63, 3.8) is 0 Å². The normalized spacial score (nSPS) is 33.4. The number of alkyl halides is 8. The molecule has 1 aliphatic heterocycles. The van der Waals surface area contributed by atoms with E-state index in [1.807, 2.05) is 0 Å². The topological polar surface area (TPSA) is 55.8 Å². The fourth-order valence-electron chi connectivity index (χ4n) is 2.00. The lowest BCUT2D eigenvalue weighted by molar-refractivity contribution is -0.510. The second-order valence-electron chi connectivity index (χ2n) is 6.34. The van der Waals surface area contributed by atoms with E-state index in [-0.39, 0.29) is 13.8 Å². The first-order chi connectivity index (χ1) is 10.8. The van der Waals surface area contributed by atoms with Gasteiger partial charge in [-0.15, -0.1) is 0 Å². The van der Waals surface area contributed by atoms with Gasteiger partial charge in [0, 0.05) is 0 Å². The van der Waals surface area contributed by atoms with Crippen molar-refractivity contribution >= 4 is 5.97 Å². The molecule has 3 atom stereocenters. The van der Waals surface area contributed by atoms with Gasteiger partial charge in [0.25, 0.3) is 0 Å². The van der Waals surface area contributed by atoms with Crippen LogP contribution in [0.1, 0.15) is 34.1 Å². The minimum atomic E-state index is -6.22. The zero-order chi connectivity index (χ0) is 20.3. The maximum absolute atomic E-state index is 14.2. The maximum atomic E-state index is 14.2. The smallest absolute Gasteiger partial charge is 0.447 e. The number of halogens is 8. The highest BCUT2D eigenvalue weighted by atomic mass is 19.4. The minimum Gasteiger partial charge on any atom is -0.447 e. The van der Waals surface area contributed by atoms with Crippen LogP contribution in [0, 0.1) is 0 Å². The molecule has 0 aromatic heterocycles. The molecule has 25 heavy (non-hydrogen) atoms. The molecule has 4 nitrogen and oxygen atoms in total. The average Bonchev–Trinajstić information content (AvgIpc) is 2.40. The lowest BCUT2D eigenvalue weighted by Gasteiger charge is -2.53. The Hall–Kier alpha value is -1.17. The summed E-state index contributed by atoms with van der Waals surface area (Å²) < 4.78 is 117. The molecule has 0 aromatic rings. The van der Waals surface area contributed by atoms with Crippen LogP contribution in [-0.4, -0.2) is 52.3 Å². The van der Waals surface area contributed by atoms with E-state index in [0.29, 0.717) is 6.92 Å². The number of aliphatic hydroxyl groups is 1. The predicted octanol–water partition coefficient (Wildman–Crippen LogP) is 3.37. The van der Waals surface area contributed by atoms with Gasteiger partial charge in [-0.1, -0.05) is 6.92 Å². The van der Waals surface area contributed by atoms with Gasteiger partial charge < -0.3 is 14.6 Å². The van der Waals surface area contributed by atoms with Crippen LogP contribution in [0.4, 0.5) is 35.1 Å². The number of esters is 1. The zero-order valence-electron chi connectivity index (χ0n) is 13.5. The molecule has 12 heteroatoms. The Morgan fingerprint density at radius 2 is 1.56 bits per heavy atom. The van der Waals surface area contributed by atoms with Crippen molar-refractivity contribution in [1.29, 1.82) is 0 Å². The highest BCUT2D eigenvalue weighted by molar-refractivity contribution is 5.79. The fraction of sp³-hybridized carbons (Fsp3) is 0.923. The van der Waals surface area contributed by atoms with Crippen LogP contribution >= 0.6 is 0 Å². The van der Waals surface area contributed by atoms with Crippen molar-refractivity contribution < 1.29 is 54.5 Å². The van der Waals surface area contributed by atoms with Crippen LogP contribution < -0.4 is 0 Å². The van der Waals surface area contributed by atoms with Gasteiger partial charge in [0.05, 0.1) is 0 Å². The molecule has 0 amide bonds. The molecule has 1 rings (SSSR count). The van der Waals surface area contributed by atoms with E-state index in [1.165, 1.54) is 0 Å². The van der Waals surface area contributed by atoms with E-state index < -0.39 is 53.6 Å². The van der Waals surface area contributed by atoms with Gasteiger partial charge in [-0.05, 0) is 27.2 Å². The quantitative estimate of drug-likeness (QED) is 0.595. The molecule has 0 spiro atoms. The third-order valence-electron chi connectivity index (χ3n) is 4.01. The molecule has 0 radical (unpaired) electrons. The molecule has 1 aliphatic rings. The van der Waals surface area contributed by atoms with Crippen molar-refractivity contribution in [2.75, 3.05) is 0 Å². The first-order valence-corrected chi connectivity index (χ1v) is 6.93. The number of hydrogen-bond acceptors (Lipinski definition) is 4. The van der Waals surface area contributed by atoms with Crippen molar-refractivity contribution in [3.05, 3.63) is 0 Å². The van der Waals surface area contributed by atoms with Gasteiger partial charge in [0.15, 0.2) is 0 Å². The second kappa shape index (κ2) is 5.66. The Labute approximate surface area is 137 Å². The Kier molecular flexibility index (Phi) is 4.95. The summed E-state index contributed by atoms with van der Waals surface area (Å²) in [6, 6.07) is 0. The van der Waals surface area contributed by atoms with Crippen LogP contribution in [0.5, 0.6) is 0 Å². The zero-order valence-corrected chi connectivity index (χ0v) is 13.5. The summed E-state index contributed by atoms with van der Waals surface area (Å²) in [4.78, 5) is 11.5. The molecule has 1 fully saturated rings. The van der Waals surface area contributed by atoms with Crippen LogP contribution in [0.25, 0.3) is 0 Å². The van der Waals surface area contributed by atoms with Crippen LogP contribution in [-0.2, 0) is 14.3 Å². The van der Waals surface area contributed by atoms with Gasteiger partial charge in [0.1, 0.15) is 5.60 Å². The monoisotopic (exact) mass is 388 g/mol. The van der Waals surface area contributed by atoms with Crippen molar-refractivity contribution in [1.82, 2.24) is 0 Å². The van der Waals surface area contributed by atoms with Gasteiger partial charge >= 0.3 is 29.8 Å². The maximum Gasteiger partial charge on any atom is 0.449 e. The number of carbonyl (C=O) groups excluding carboxylic acids is 1. The van der Waals surface area contributed by atoms with Crippen LogP contribution in [0.15, 0.2) is 0 Å². The Bertz CT molecular complexity index is 543. The fourth-order valence-corrected chi connectivity index (χ4v) is 2.00. The molecular weight excluding hydrogens is 372 g/mol. The minimum absolute atomic E-state index is 0.286. The van der Waals surface area contributed by atoms with Gasteiger partial charge in [0.2, 0.25) is 11.8 Å². The molecule has 0 aliphatic carbocycles. The summed E-state index contributed by atoms with van der Waals surface area (Å²) >= 11 is 0. The van der Waals surface area contributed by atoms with Gasteiger partial charge in [-0.2, -0.15) is 30.7 Å². The summed E-state index contributed by atoms with van der Waals surface area (Å²) in [5.41, 5.74) is -6.34. The lowest BCUT2D eigenvalue weighted by Crippen LogP contribution is -2.79. The molecule has 1 N–H and O–H groups in total. The van der Waals surface area contributed by atoms with E-state index >= 15 is 0 Å². The SMILES string of the molecule is CCC(C)(F)C(=O)OC1C(F)(F)C(C)(C)OC(O)(C(F)(F)F)C1(F)F. The number of rotatable bonds is 3. The van der Waals surface area contributed by atoms with Crippen LogP contribution in [0.3, 0.4) is 0 Å². The van der Waals surface area contributed by atoms with Crippen molar-refractivity contribution in [2.24, 2.45) is 0 Å². The molecule has 148 valence electrons. The highest BCUT2D eigenvalue weighted by Gasteiger charge is 2.85. The van der Waals surface area contributed by atoms with E-state index in [9.17, 15) is 45.0 Å². The second-order valence-corrected chi connectivity index (χ2v) is 6.34. The van der Waals surface area contributed by atoms with E-state index in [2.05, 4.69) is 9.47 Å². The van der Waals surface area contributed by atoms with E-state index in [1.54, 1.807) is 0 Å². The van der Waals surface area contributed by atoms with Crippen LogP contribution in [0.2, 0.25) is 0 Å². The third-order valence-corrected chi connectivity index (χ3v) is 4.01. The van der Waals surface area contributed by atoms with Gasteiger partial charge in [-0.25, -0.2) is 9.18 Å². The molecule has 1 heterocycles.